The van der Waals surface area contributed by atoms with Crippen LogP contribution in [0.4, 0.5) is 4.79 Å². The molecular weight excluding hydrogens is 668 g/mol. The molecule has 1 aromatic rings. The predicted octanol–water partition coefficient (Wildman–Crippen LogP) is 2.60. The SMILES string of the molecule is CC[C@H](C)[C@@H]([C@@H](CC(=O)N1CCC[C@H]1[C@H](OC)[C@@H](C)C(=O)N[C@@H](Cc1ccccc1)C(=O)O)OC)N(C)C(=O)[C@@H](NC(=O)N(C)CCNC)C(C)C. The van der Waals surface area contributed by atoms with Gasteiger partial charge in [-0.05, 0) is 37.3 Å². The highest BCUT2D eigenvalue weighted by Gasteiger charge is 2.43. The molecule has 52 heavy (non-hydrogen) atoms. The number of nitrogens with one attached hydrogen (secondary N) is 3. The Bertz CT molecular complexity index is 1300. The molecule has 0 saturated carbocycles. The first kappa shape index (κ1) is 44.4. The van der Waals surface area contributed by atoms with E-state index in [2.05, 4.69) is 16.0 Å². The minimum atomic E-state index is -1.14. The summed E-state index contributed by atoms with van der Waals surface area (Å²) < 4.78 is 11.8. The molecule has 14 nitrogen and oxygen atoms in total. The van der Waals surface area contributed by atoms with E-state index in [0.29, 0.717) is 38.9 Å². The zero-order chi connectivity index (χ0) is 39.1. The first-order chi connectivity index (χ1) is 24.6. The highest BCUT2D eigenvalue weighted by molar-refractivity contribution is 5.88. The van der Waals surface area contributed by atoms with E-state index >= 15 is 0 Å². The lowest BCUT2D eigenvalue weighted by Gasteiger charge is -2.41. The van der Waals surface area contributed by atoms with Crippen LogP contribution < -0.4 is 16.0 Å². The summed E-state index contributed by atoms with van der Waals surface area (Å²) in [6, 6.07) is 5.93. The number of likely N-dealkylation sites (N-methyl/N-ethyl adjacent to an activating group) is 3. The van der Waals surface area contributed by atoms with Gasteiger partial charge in [0.1, 0.15) is 12.1 Å². The van der Waals surface area contributed by atoms with Crippen LogP contribution in [0, 0.1) is 17.8 Å². The molecule has 1 aliphatic heterocycles. The number of benzene rings is 1. The van der Waals surface area contributed by atoms with E-state index in [9.17, 15) is 29.1 Å². The summed E-state index contributed by atoms with van der Waals surface area (Å²) in [5.74, 6) is -3.06. The van der Waals surface area contributed by atoms with Crippen LogP contribution >= 0.6 is 0 Å². The standard InChI is InChI=1S/C38H64N6O8/c1-11-25(4)33(43(8)36(47)32(24(2)3)41-38(50)42(7)21-19-39-6)30(51-9)23-31(45)44-20-15-18-29(44)34(52-10)26(5)35(46)40-28(37(48)49)22-27-16-13-12-14-17-27/h12-14,16-17,24-26,28-30,32-34,39H,11,15,18-23H2,1-10H3,(H,40,46)(H,41,50)(H,48,49)/t25-,26+,28-,29-,30+,32-,33-,34+/m0/s1. The molecule has 2 rings (SSSR count). The third-order valence-corrected chi connectivity index (χ3v) is 10.4. The van der Waals surface area contributed by atoms with E-state index in [1.807, 2.05) is 58.0 Å². The van der Waals surface area contributed by atoms with Crippen LogP contribution in [0.1, 0.15) is 65.9 Å². The Balaban J connectivity index is 2.24. The normalized spacial score (nSPS) is 18.4. The van der Waals surface area contributed by atoms with E-state index in [1.54, 1.807) is 37.9 Å². The van der Waals surface area contributed by atoms with Crippen molar-refractivity contribution < 1.29 is 38.6 Å². The van der Waals surface area contributed by atoms with Gasteiger partial charge in [0.25, 0.3) is 0 Å². The van der Waals surface area contributed by atoms with E-state index in [4.69, 9.17) is 9.47 Å². The third-order valence-electron chi connectivity index (χ3n) is 10.4. The van der Waals surface area contributed by atoms with Crippen LogP contribution in [0.25, 0.3) is 0 Å². The molecule has 14 heteroatoms. The third kappa shape index (κ3) is 12.2. The maximum atomic E-state index is 14.1. The number of carboxylic acid groups (broad SMARTS) is 1. The number of nitrogens with zero attached hydrogens (tertiary/aromatic N) is 3. The Morgan fingerprint density at radius 3 is 2.19 bits per heavy atom. The summed E-state index contributed by atoms with van der Waals surface area (Å²) in [4.78, 5) is 71.5. The largest absolute Gasteiger partial charge is 0.480 e. The molecule has 1 heterocycles. The number of hydrogen-bond acceptors (Lipinski definition) is 8. The fraction of sp³-hybridized carbons (Fsp3) is 0.711. The minimum absolute atomic E-state index is 0.0136. The van der Waals surface area contributed by atoms with Crippen molar-refractivity contribution in [1.82, 2.24) is 30.7 Å². The number of carbonyl (C=O) groups excluding carboxylic acids is 4. The first-order valence-corrected chi connectivity index (χ1v) is 18.5. The van der Waals surface area contributed by atoms with Gasteiger partial charge in [-0.1, -0.05) is 71.4 Å². The van der Waals surface area contributed by atoms with Gasteiger partial charge in [0.15, 0.2) is 0 Å². The number of hydrogen-bond donors (Lipinski definition) is 4. The molecule has 0 bridgehead atoms. The average molecular weight is 733 g/mol. The lowest BCUT2D eigenvalue weighted by atomic mass is 9.89. The number of urea groups is 1. The van der Waals surface area contributed by atoms with Crippen molar-refractivity contribution in [2.75, 3.05) is 55.0 Å². The smallest absolute Gasteiger partial charge is 0.326 e. The van der Waals surface area contributed by atoms with Crippen LogP contribution in [0.2, 0.25) is 0 Å². The molecule has 0 spiro atoms. The van der Waals surface area contributed by atoms with Gasteiger partial charge in [-0.25, -0.2) is 9.59 Å². The second kappa shape index (κ2) is 21.7. The Morgan fingerprint density at radius 2 is 1.65 bits per heavy atom. The van der Waals surface area contributed by atoms with Crippen molar-refractivity contribution in [1.29, 1.82) is 0 Å². The van der Waals surface area contributed by atoms with Crippen LogP contribution in [-0.4, -0.2) is 141 Å². The Labute approximate surface area is 310 Å². The lowest BCUT2D eigenvalue weighted by Crippen LogP contribution is -2.59. The fourth-order valence-electron chi connectivity index (χ4n) is 7.02. The average Bonchev–Trinajstić information content (AvgIpc) is 3.61. The van der Waals surface area contributed by atoms with Gasteiger partial charge < -0.3 is 45.2 Å². The molecule has 5 amide bonds. The summed E-state index contributed by atoms with van der Waals surface area (Å²) in [5.41, 5.74) is 0.784. The van der Waals surface area contributed by atoms with Gasteiger partial charge in [-0.15, -0.1) is 0 Å². The number of likely N-dealkylation sites (tertiary alicyclic amines) is 1. The molecular formula is C38H64N6O8. The predicted molar refractivity (Wildman–Crippen MR) is 200 cm³/mol. The second-order valence-corrected chi connectivity index (χ2v) is 14.4. The number of amides is 5. The minimum Gasteiger partial charge on any atom is -0.480 e. The van der Waals surface area contributed by atoms with Crippen LogP contribution in [-0.2, 0) is 35.1 Å². The van der Waals surface area contributed by atoms with Gasteiger partial charge >= 0.3 is 12.0 Å². The van der Waals surface area contributed by atoms with E-state index in [0.717, 1.165) is 5.56 Å². The van der Waals surface area contributed by atoms with Crippen molar-refractivity contribution >= 4 is 29.7 Å². The van der Waals surface area contributed by atoms with E-state index < -0.39 is 54.2 Å². The molecule has 294 valence electrons. The number of carbonyl (C=O) groups is 5. The van der Waals surface area contributed by atoms with E-state index in [1.165, 1.54) is 19.1 Å². The highest BCUT2D eigenvalue weighted by Crippen LogP contribution is 2.29. The topological polar surface area (TPSA) is 170 Å². The summed E-state index contributed by atoms with van der Waals surface area (Å²) in [6.45, 7) is 11.0. The monoisotopic (exact) mass is 732 g/mol. The Kier molecular flexibility index (Phi) is 18.5. The van der Waals surface area contributed by atoms with Crippen molar-refractivity contribution in [3.63, 3.8) is 0 Å². The molecule has 1 aliphatic rings. The van der Waals surface area contributed by atoms with Crippen LogP contribution in [0.15, 0.2) is 30.3 Å². The maximum Gasteiger partial charge on any atom is 0.326 e. The maximum absolute atomic E-state index is 14.1. The molecule has 0 unspecified atom stereocenters. The molecule has 0 aliphatic carbocycles. The lowest BCUT2D eigenvalue weighted by molar-refractivity contribution is -0.147. The van der Waals surface area contributed by atoms with Crippen LogP contribution in [0.5, 0.6) is 0 Å². The van der Waals surface area contributed by atoms with Crippen molar-refractivity contribution in [2.24, 2.45) is 17.8 Å². The number of rotatable bonds is 21. The molecule has 4 N–H and O–H groups in total. The molecule has 8 atom stereocenters. The molecule has 0 radical (unpaired) electrons. The summed E-state index contributed by atoms with van der Waals surface area (Å²) in [6.07, 6.45) is 0.807. The van der Waals surface area contributed by atoms with Gasteiger partial charge in [0.2, 0.25) is 17.7 Å². The van der Waals surface area contributed by atoms with Gasteiger partial charge in [-0.3, -0.25) is 14.4 Å². The Morgan fingerprint density at radius 1 is 1.00 bits per heavy atom. The number of aliphatic carboxylic acids is 1. The number of ether oxygens (including phenoxy) is 2. The molecule has 0 aromatic heterocycles. The van der Waals surface area contributed by atoms with Gasteiger partial charge in [0, 0.05) is 54.4 Å². The van der Waals surface area contributed by atoms with Crippen molar-refractivity contribution in [2.45, 2.75) is 103 Å². The summed E-state index contributed by atoms with van der Waals surface area (Å²) in [7, 11) is 8.21. The van der Waals surface area contributed by atoms with Crippen molar-refractivity contribution in [3.8, 4) is 0 Å². The first-order valence-electron chi connectivity index (χ1n) is 18.5. The van der Waals surface area contributed by atoms with Gasteiger partial charge in [0.05, 0.1) is 36.6 Å². The molecule has 1 saturated heterocycles. The molecule has 1 aromatic carbocycles. The Hall–Kier alpha value is -3.75. The molecule has 1 fully saturated rings. The fourth-order valence-corrected chi connectivity index (χ4v) is 7.02. The second-order valence-electron chi connectivity index (χ2n) is 14.4. The summed E-state index contributed by atoms with van der Waals surface area (Å²) >= 11 is 0. The summed E-state index contributed by atoms with van der Waals surface area (Å²) in [5, 5.41) is 18.5. The van der Waals surface area contributed by atoms with E-state index in [-0.39, 0.29) is 42.5 Å². The van der Waals surface area contributed by atoms with Gasteiger partial charge in [-0.2, -0.15) is 0 Å². The quantitative estimate of drug-likeness (QED) is 0.149. The highest BCUT2D eigenvalue weighted by atomic mass is 16.5. The van der Waals surface area contributed by atoms with Crippen molar-refractivity contribution in [3.05, 3.63) is 35.9 Å². The zero-order valence-electron chi connectivity index (χ0n) is 32.9. The number of methoxy groups -OCH3 is 2. The van der Waals surface area contributed by atoms with Crippen LogP contribution in [0.3, 0.4) is 0 Å². The number of carboxylic acids is 1. The zero-order valence-corrected chi connectivity index (χ0v) is 32.9.